The van der Waals surface area contributed by atoms with E-state index < -0.39 is 19.9 Å². The molecule has 2 atom stereocenters. The predicted molar refractivity (Wildman–Crippen MR) is 77.0 cm³/mol. The highest BCUT2D eigenvalue weighted by molar-refractivity contribution is 7.92. The summed E-state index contributed by atoms with van der Waals surface area (Å²) in [6.07, 6.45) is 0.523. The smallest absolute Gasteiger partial charge is 0.281 e. The van der Waals surface area contributed by atoms with Crippen LogP contribution in [0.2, 0.25) is 0 Å². The molecule has 1 heterocycles. The molecule has 20 heavy (non-hydrogen) atoms. The lowest BCUT2D eigenvalue weighted by molar-refractivity contribution is -0.131. The molecule has 1 rings (SSSR count). The molecule has 118 valence electrons. The molecule has 1 aliphatic rings. The van der Waals surface area contributed by atoms with E-state index in [1.54, 1.807) is 7.05 Å². The van der Waals surface area contributed by atoms with Gasteiger partial charge in [0.05, 0.1) is 12.3 Å². The van der Waals surface area contributed by atoms with Crippen LogP contribution >= 0.6 is 0 Å². The normalized spacial score (nSPS) is 27.2. The number of rotatable bonds is 5. The lowest BCUT2D eigenvalue weighted by Crippen LogP contribution is -2.46. The van der Waals surface area contributed by atoms with E-state index in [-0.39, 0.29) is 24.2 Å². The van der Waals surface area contributed by atoms with E-state index in [0.717, 1.165) is 8.61 Å². The molecule has 1 amide bonds. The fourth-order valence-electron chi connectivity index (χ4n) is 1.98. The van der Waals surface area contributed by atoms with Crippen LogP contribution in [0.15, 0.2) is 0 Å². The molecule has 10 heteroatoms. The molecule has 1 saturated heterocycles. The maximum atomic E-state index is 12.1. The number of nitrogens with zero attached hydrogens (tertiary/aromatic N) is 3. The molecule has 0 radical (unpaired) electrons. The minimum Gasteiger partial charge on any atom is -0.341 e. The Labute approximate surface area is 120 Å². The van der Waals surface area contributed by atoms with Crippen LogP contribution in [-0.4, -0.2) is 84.3 Å². The van der Waals surface area contributed by atoms with Gasteiger partial charge in [-0.15, -0.1) is 0 Å². The third kappa shape index (κ3) is 3.90. The van der Waals surface area contributed by atoms with Gasteiger partial charge in [0.25, 0.3) is 10.2 Å². The fourth-order valence-corrected chi connectivity index (χ4v) is 4.64. The van der Waals surface area contributed by atoms with Crippen molar-refractivity contribution < 1.29 is 17.4 Å². The summed E-state index contributed by atoms with van der Waals surface area (Å²) in [5.41, 5.74) is 0. The second-order valence-corrected chi connectivity index (χ2v) is 9.79. The molecular weight excluding hydrogens is 304 g/mol. The summed E-state index contributed by atoms with van der Waals surface area (Å²) in [7, 11) is -0.518. The van der Waals surface area contributed by atoms with Crippen molar-refractivity contribution in [2.24, 2.45) is 0 Å². The van der Waals surface area contributed by atoms with Gasteiger partial charge in [-0.3, -0.25) is 9.57 Å². The van der Waals surface area contributed by atoms with E-state index >= 15 is 0 Å². The zero-order chi connectivity index (χ0) is 15.7. The number of carbonyl (C=O) groups is 1. The Bertz CT molecular complexity index is 570. The second-order valence-electron chi connectivity index (χ2n) is 5.18. The van der Waals surface area contributed by atoms with E-state index in [1.165, 1.54) is 26.0 Å². The number of amides is 1. The molecule has 0 spiro atoms. The van der Waals surface area contributed by atoms with Gasteiger partial charge in [-0.25, -0.2) is 4.21 Å². The second kappa shape index (κ2) is 5.96. The first-order valence-corrected chi connectivity index (χ1v) is 9.40. The average Bonchev–Trinajstić information content (AvgIpc) is 2.68. The van der Waals surface area contributed by atoms with Gasteiger partial charge in [-0.05, 0) is 6.42 Å². The number of likely N-dealkylation sites (N-methyl/N-ethyl adjacent to an activating group) is 2. The summed E-state index contributed by atoms with van der Waals surface area (Å²) in [5.74, 6) is 0.0977. The minimum atomic E-state index is -3.63. The van der Waals surface area contributed by atoms with Crippen molar-refractivity contribution in [1.82, 2.24) is 13.5 Å². The fraction of sp³-hybridized carbons (Fsp3) is 0.900. The molecule has 0 aliphatic carbocycles. The van der Waals surface area contributed by atoms with Gasteiger partial charge in [0.1, 0.15) is 0 Å². The standard InChI is InChI=1S/C10H22N4O4S2/c1-12(2)20(17,18)13(3)7-10(15)14(4)9-5-6-19(11,16)8-9/h9,11H,5-8H2,1-4H3. The third-order valence-corrected chi connectivity index (χ3v) is 7.05. The highest BCUT2D eigenvalue weighted by Crippen LogP contribution is 2.17. The molecule has 1 fully saturated rings. The molecule has 1 aliphatic heterocycles. The van der Waals surface area contributed by atoms with Crippen LogP contribution in [0.4, 0.5) is 0 Å². The summed E-state index contributed by atoms with van der Waals surface area (Å²) in [6, 6.07) is -0.247. The van der Waals surface area contributed by atoms with Gasteiger partial charge >= 0.3 is 0 Å². The predicted octanol–water partition coefficient (Wildman–Crippen LogP) is -0.998. The van der Waals surface area contributed by atoms with E-state index in [4.69, 9.17) is 4.78 Å². The van der Waals surface area contributed by atoms with Gasteiger partial charge in [-0.2, -0.15) is 17.0 Å². The van der Waals surface area contributed by atoms with Crippen molar-refractivity contribution in [3.63, 3.8) is 0 Å². The maximum absolute atomic E-state index is 12.1. The van der Waals surface area contributed by atoms with Crippen LogP contribution in [0.3, 0.4) is 0 Å². The van der Waals surface area contributed by atoms with Crippen LogP contribution in [-0.2, 0) is 24.7 Å². The topological polar surface area (TPSA) is 102 Å². The molecule has 0 saturated carbocycles. The van der Waals surface area contributed by atoms with Crippen molar-refractivity contribution in [3.8, 4) is 0 Å². The third-order valence-electron chi connectivity index (χ3n) is 3.40. The van der Waals surface area contributed by atoms with Crippen molar-refractivity contribution >= 4 is 25.8 Å². The Morgan fingerprint density at radius 3 is 2.25 bits per heavy atom. The molecular formula is C10H22N4O4S2. The Morgan fingerprint density at radius 2 is 1.85 bits per heavy atom. The lowest BCUT2D eigenvalue weighted by Gasteiger charge is -2.27. The summed E-state index contributed by atoms with van der Waals surface area (Å²) < 4.78 is 44.8. The first kappa shape index (κ1) is 17.3. The summed E-state index contributed by atoms with van der Waals surface area (Å²) in [6.45, 7) is -0.271. The number of hydrogen-bond donors (Lipinski definition) is 1. The van der Waals surface area contributed by atoms with Crippen molar-refractivity contribution in [3.05, 3.63) is 0 Å². The highest BCUT2D eigenvalue weighted by Gasteiger charge is 2.32. The minimum absolute atomic E-state index is 0.166. The zero-order valence-electron chi connectivity index (χ0n) is 12.2. The van der Waals surface area contributed by atoms with Crippen LogP contribution < -0.4 is 0 Å². The maximum Gasteiger partial charge on any atom is 0.281 e. The van der Waals surface area contributed by atoms with Crippen LogP contribution in [0.1, 0.15) is 6.42 Å². The molecule has 2 unspecified atom stereocenters. The Morgan fingerprint density at radius 1 is 1.30 bits per heavy atom. The zero-order valence-corrected chi connectivity index (χ0v) is 13.8. The molecule has 0 bridgehead atoms. The largest absolute Gasteiger partial charge is 0.341 e. The number of nitrogens with one attached hydrogen (secondary N) is 1. The van der Waals surface area contributed by atoms with Gasteiger partial charge < -0.3 is 4.90 Å². The van der Waals surface area contributed by atoms with Crippen molar-refractivity contribution in [2.45, 2.75) is 12.5 Å². The van der Waals surface area contributed by atoms with Crippen LogP contribution in [0.25, 0.3) is 0 Å². The molecule has 1 N–H and O–H groups in total. The monoisotopic (exact) mass is 326 g/mol. The Hall–Kier alpha value is -0.710. The number of carbonyl (C=O) groups excluding carboxylic acids is 1. The van der Waals surface area contributed by atoms with E-state index in [2.05, 4.69) is 0 Å². The summed E-state index contributed by atoms with van der Waals surface area (Å²) in [4.78, 5) is 13.5. The Balaban J connectivity index is 2.68. The van der Waals surface area contributed by atoms with E-state index in [9.17, 15) is 17.4 Å². The highest BCUT2D eigenvalue weighted by atomic mass is 32.2. The van der Waals surface area contributed by atoms with Crippen molar-refractivity contribution in [1.29, 1.82) is 4.78 Å². The first-order valence-electron chi connectivity index (χ1n) is 6.11. The quantitative estimate of drug-likeness (QED) is 0.700. The van der Waals surface area contributed by atoms with Crippen LogP contribution in [0.5, 0.6) is 0 Å². The van der Waals surface area contributed by atoms with Gasteiger partial charge in [0.15, 0.2) is 0 Å². The van der Waals surface area contributed by atoms with E-state index in [1.807, 2.05) is 0 Å². The summed E-state index contributed by atoms with van der Waals surface area (Å²) in [5, 5.41) is 0. The molecule has 8 nitrogen and oxygen atoms in total. The lowest BCUT2D eigenvalue weighted by atomic mass is 10.2. The van der Waals surface area contributed by atoms with Gasteiger partial charge in [-0.1, -0.05) is 0 Å². The molecule has 0 aromatic carbocycles. The van der Waals surface area contributed by atoms with Gasteiger partial charge in [0.2, 0.25) is 5.91 Å². The molecule has 0 aromatic rings. The average molecular weight is 326 g/mol. The van der Waals surface area contributed by atoms with E-state index in [0.29, 0.717) is 12.2 Å². The van der Waals surface area contributed by atoms with Crippen molar-refractivity contribution in [2.75, 3.05) is 46.2 Å². The molecule has 0 aromatic heterocycles. The Kier molecular flexibility index (Phi) is 5.17. The van der Waals surface area contributed by atoms with Crippen LogP contribution in [0, 0.1) is 4.78 Å². The number of hydrogen-bond acceptors (Lipinski definition) is 5. The SMILES string of the molecule is CN(C(=O)CN(C)S(=O)(=O)N(C)C)C1CCS(=N)(=O)C1. The first-order chi connectivity index (χ1) is 8.97. The van der Waals surface area contributed by atoms with Gasteiger partial charge in [0, 0.05) is 49.7 Å². The summed E-state index contributed by atoms with van der Waals surface area (Å²) >= 11 is 0.